The first kappa shape index (κ1) is 13.1. The summed E-state index contributed by atoms with van der Waals surface area (Å²) in [5.41, 5.74) is 1.23. The Labute approximate surface area is 113 Å². The van der Waals surface area contributed by atoms with Crippen LogP contribution in [0.4, 0.5) is 0 Å². The number of benzene rings is 1. The second-order valence-corrected chi connectivity index (χ2v) is 5.07. The highest BCUT2D eigenvalue weighted by atomic mass is 35.5. The molecule has 1 N–H and O–H groups in total. The molecule has 96 valence electrons. The number of halogens is 1. The first-order valence-corrected chi connectivity index (χ1v) is 6.51. The lowest BCUT2D eigenvalue weighted by Crippen LogP contribution is -2.24. The number of rotatable bonds is 5. The van der Waals surface area contributed by atoms with Gasteiger partial charge in [0.2, 0.25) is 0 Å². The van der Waals surface area contributed by atoms with Gasteiger partial charge in [-0.1, -0.05) is 37.6 Å². The molecule has 0 saturated carbocycles. The molecule has 0 saturated heterocycles. The van der Waals surface area contributed by atoms with Gasteiger partial charge in [-0.3, -0.25) is 0 Å². The van der Waals surface area contributed by atoms with Gasteiger partial charge < -0.3 is 9.88 Å². The number of hydrogen-bond donors (Lipinski definition) is 1. The molecule has 2 aromatic rings. The summed E-state index contributed by atoms with van der Waals surface area (Å²) in [6, 6.07) is 8.38. The van der Waals surface area contributed by atoms with Crippen molar-refractivity contribution in [2.24, 2.45) is 0 Å². The highest BCUT2D eigenvalue weighted by Gasteiger charge is 2.04. The van der Waals surface area contributed by atoms with Crippen molar-refractivity contribution < 1.29 is 0 Å². The van der Waals surface area contributed by atoms with Gasteiger partial charge >= 0.3 is 0 Å². The average molecular weight is 264 g/mol. The number of imidazole rings is 1. The molecular formula is C14H18ClN3. The monoisotopic (exact) mass is 263 g/mol. The summed E-state index contributed by atoms with van der Waals surface area (Å²) in [6.45, 7) is 5.88. The maximum Gasteiger partial charge on any atom is 0.122 e. The van der Waals surface area contributed by atoms with E-state index in [9.17, 15) is 0 Å². The molecule has 0 unspecified atom stereocenters. The van der Waals surface area contributed by atoms with Gasteiger partial charge in [0.1, 0.15) is 5.82 Å². The smallest absolute Gasteiger partial charge is 0.122 e. The van der Waals surface area contributed by atoms with Crippen molar-refractivity contribution in [1.82, 2.24) is 14.9 Å². The maximum atomic E-state index is 5.88. The van der Waals surface area contributed by atoms with E-state index in [2.05, 4.69) is 28.7 Å². The standard InChI is InChI=1S/C14H18ClN3/c1-11(2)17-9-14-16-7-8-18(14)10-12-3-5-13(15)6-4-12/h3-8,11,17H,9-10H2,1-2H3. The van der Waals surface area contributed by atoms with Gasteiger partial charge in [-0.05, 0) is 17.7 Å². The molecule has 0 atom stereocenters. The minimum atomic E-state index is 0.464. The molecule has 4 heteroatoms. The lowest BCUT2D eigenvalue weighted by molar-refractivity contribution is 0.554. The summed E-state index contributed by atoms with van der Waals surface area (Å²) in [7, 11) is 0. The fourth-order valence-corrected chi connectivity index (χ4v) is 1.86. The molecule has 2 rings (SSSR count). The fourth-order valence-electron chi connectivity index (χ4n) is 1.73. The number of nitrogens with zero attached hydrogens (tertiary/aromatic N) is 2. The lowest BCUT2D eigenvalue weighted by atomic mass is 10.2. The summed E-state index contributed by atoms with van der Waals surface area (Å²) in [4.78, 5) is 4.38. The van der Waals surface area contributed by atoms with Crippen molar-refractivity contribution >= 4 is 11.6 Å². The normalized spacial score (nSPS) is 11.1. The summed E-state index contributed by atoms with van der Waals surface area (Å²) in [5, 5.41) is 4.15. The van der Waals surface area contributed by atoms with Gasteiger partial charge in [-0.25, -0.2) is 4.98 Å². The van der Waals surface area contributed by atoms with Crippen LogP contribution in [0.25, 0.3) is 0 Å². The highest BCUT2D eigenvalue weighted by Crippen LogP contribution is 2.11. The van der Waals surface area contributed by atoms with Gasteiger partial charge in [0.25, 0.3) is 0 Å². The molecule has 0 amide bonds. The summed E-state index contributed by atoms with van der Waals surface area (Å²) >= 11 is 5.88. The van der Waals surface area contributed by atoms with Gasteiger partial charge in [0, 0.05) is 30.0 Å². The number of nitrogens with one attached hydrogen (secondary N) is 1. The summed E-state index contributed by atoms with van der Waals surface area (Å²) < 4.78 is 2.15. The summed E-state index contributed by atoms with van der Waals surface area (Å²) in [5.74, 6) is 1.05. The third kappa shape index (κ3) is 3.59. The van der Waals surface area contributed by atoms with Crippen LogP contribution in [-0.4, -0.2) is 15.6 Å². The van der Waals surface area contributed by atoms with Crippen molar-refractivity contribution in [3.05, 3.63) is 53.1 Å². The molecule has 0 spiro atoms. The van der Waals surface area contributed by atoms with Crippen molar-refractivity contribution in [3.63, 3.8) is 0 Å². The van der Waals surface area contributed by atoms with E-state index in [1.165, 1.54) is 5.56 Å². The van der Waals surface area contributed by atoms with Gasteiger partial charge in [-0.2, -0.15) is 0 Å². The van der Waals surface area contributed by atoms with Crippen LogP contribution < -0.4 is 5.32 Å². The van der Waals surface area contributed by atoms with E-state index < -0.39 is 0 Å². The molecule has 0 bridgehead atoms. The Morgan fingerprint density at radius 1 is 1.28 bits per heavy atom. The van der Waals surface area contributed by atoms with Crippen molar-refractivity contribution in [1.29, 1.82) is 0 Å². The molecule has 0 fully saturated rings. The Morgan fingerprint density at radius 2 is 2.00 bits per heavy atom. The minimum absolute atomic E-state index is 0.464. The Hall–Kier alpha value is -1.32. The van der Waals surface area contributed by atoms with Crippen LogP contribution in [0, 0.1) is 0 Å². The highest BCUT2D eigenvalue weighted by molar-refractivity contribution is 6.30. The Kier molecular flexibility index (Phi) is 4.39. The number of hydrogen-bond acceptors (Lipinski definition) is 2. The van der Waals surface area contributed by atoms with Crippen LogP contribution >= 0.6 is 11.6 Å². The zero-order valence-corrected chi connectivity index (χ0v) is 11.5. The van der Waals surface area contributed by atoms with Crippen LogP contribution in [0.2, 0.25) is 5.02 Å². The van der Waals surface area contributed by atoms with Crippen LogP contribution in [0.1, 0.15) is 25.2 Å². The molecule has 0 aliphatic carbocycles. The van der Waals surface area contributed by atoms with E-state index in [4.69, 9.17) is 11.6 Å². The van der Waals surface area contributed by atoms with Crippen LogP contribution in [0.5, 0.6) is 0 Å². The van der Waals surface area contributed by atoms with E-state index in [-0.39, 0.29) is 0 Å². The topological polar surface area (TPSA) is 29.9 Å². The largest absolute Gasteiger partial charge is 0.329 e. The summed E-state index contributed by atoms with van der Waals surface area (Å²) in [6.07, 6.45) is 3.85. The third-order valence-corrected chi connectivity index (χ3v) is 2.99. The van der Waals surface area contributed by atoms with E-state index >= 15 is 0 Å². The van der Waals surface area contributed by atoms with E-state index in [0.29, 0.717) is 6.04 Å². The first-order chi connectivity index (χ1) is 8.65. The molecule has 3 nitrogen and oxygen atoms in total. The van der Waals surface area contributed by atoms with Crippen molar-refractivity contribution in [2.45, 2.75) is 33.0 Å². The SMILES string of the molecule is CC(C)NCc1nccn1Cc1ccc(Cl)cc1. The van der Waals surface area contributed by atoms with Crippen LogP contribution in [-0.2, 0) is 13.1 Å². The zero-order valence-electron chi connectivity index (χ0n) is 10.7. The zero-order chi connectivity index (χ0) is 13.0. The average Bonchev–Trinajstić information content (AvgIpc) is 2.77. The molecule has 1 aromatic heterocycles. The van der Waals surface area contributed by atoms with E-state index in [1.54, 1.807) is 0 Å². The number of aromatic nitrogens is 2. The predicted octanol–water partition coefficient (Wildman–Crippen LogP) is 3.08. The minimum Gasteiger partial charge on any atom is -0.329 e. The van der Waals surface area contributed by atoms with Gasteiger partial charge in [0.15, 0.2) is 0 Å². The molecular weight excluding hydrogens is 246 g/mol. The lowest BCUT2D eigenvalue weighted by Gasteiger charge is -2.11. The Morgan fingerprint density at radius 3 is 2.67 bits per heavy atom. The molecule has 0 radical (unpaired) electrons. The maximum absolute atomic E-state index is 5.88. The second kappa shape index (κ2) is 6.03. The van der Waals surface area contributed by atoms with E-state index in [1.807, 2.05) is 36.7 Å². The fraction of sp³-hybridized carbons (Fsp3) is 0.357. The Balaban J connectivity index is 2.05. The van der Waals surface area contributed by atoms with Crippen LogP contribution in [0.15, 0.2) is 36.7 Å². The van der Waals surface area contributed by atoms with E-state index in [0.717, 1.165) is 23.9 Å². The molecule has 1 aromatic carbocycles. The third-order valence-electron chi connectivity index (χ3n) is 2.74. The first-order valence-electron chi connectivity index (χ1n) is 6.13. The van der Waals surface area contributed by atoms with Gasteiger partial charge in [-0.15, -0.1) is 0 Å². The van der Waals surface area contributed by atoms with Crippen LogP contribution in [0.3, 0.4) is 0 Å². The quantitative estimate of drug-likeness (QED) is 0.899. The predicted molar refractivity (Wildman–Crippen MR) is 74.8 cm³/mol. The molecule has 1 heterocycles. The molecule has 0 aliphatic heterocycles. The second-order valence-electron chi connectivity index (χ2n) is 4.63. The van der Waals surface area contributed by atoms with Crippen molar-refractivity contribution in [3.8, 4) is 0 Å². The molecule has 0 aliphatic rings. The van der Waals surface area contributed by atoms with Crippen molar-refractivity contribution in [2.75, 3.05) is 0 Å². The Bertz CT molecular complexity index is 488. The molecule has 18 heavy (non-hydrogen) atoms. The van der Waals surface area contributed by atoms with Gasteiger partial charge in [0.05, 0.1) is 6.54 Å².